The molecule has 8 heteroatoms. The van der Waals surface area contributed by atoms with E-state index in [4.69, 9.17) is 0 Å². The number of nitrogens with zero attached hydrogens (tertiary/aromatic N) is 5. The molecule has 0 saturated heterocycles. The van der Waals surface area contributed by atoms with E-state index in [1.807, 2.05) is 31.2 Å². The predicted molar refractivity (Wildman–Crippen MR) is 105 cm³/mol. The minimum absolute atomic E-state index is 0.00715. The standard InChI is InChI=1S/C20H23N7O/c1-14-6-10-23-27(14)13-19(28)24-16-4-5-17(11-16)25-20-22-9-7-18(26-20)15-3-2-8-21-12-15/h2-3,6-10,12,16-17H,4-5,11,13H2,1H3,(H,24,28)(H,22,25,26)/t16-,17-/m0/s1. The topological polar surface area (TPSA) is 97.6 Å². The highest BCUT2D eigenvalue weighted by atomic mass is 16.2. The van der Waals surface area contributed by atoms with E-state index in [2.05, 4.69) is 30.7 Å². The minimum Gasteiger partial charge on any atom is -0.352 e. The van der Waals surface area contributed by atoms with Gasteiger partial charge in [0.2, 0.25) is 11.9 Å². The molecule has 0 bridgehead atoms. The number of aryl methyl sites for hydroxylation is 1. The maximum absolute atomic E-state index is 12.3. The van der Waals surface area contributed by atoms with E-state index in [-0.39, 0.29) is 24.5 Å². The summed E-state index contributed by atoms with van der Waals surface area (Å²) in [7, 11) is 0. The van der Waals surface area contributed by atoms with Crippen LogP contribution in [0.4, 0.5) is 5.95 Å². The Morgan fingerprint density at radius 3 is 2.86 bits per heavy atom. The molecule has 0 spiro atoms. The normalized spacial score (nSPS) is 18.8. The molecule has 3 heterocycles. The first-order valence-electron chi connectivity index (χ1n) is 9.45. The van der Waals surface area contributed by atoms with E-state index >= 15 is 0 Å². The van der Waals surface area contributed by atoms with Crippen LogP contribution in [0, 0.1) is 6.92 Å². The third-order valence-corrected chi connectivity index (χ3v) is 4.97. The lowest BCUT2D eigenvalue weighted by atomic mass is 10.2. The second-order valence-corrected chi connectivity index (χ2v) is 7.06. The highest BCUT2D eigenvalue weighted by Gasteiger charge is 2.26. The third kappa shape index (κ3) is 4.33. The largest absolute Gasteiger partial charge is 0.352 e. The van der Waals surface area contributed by atoms with Gasteiger partial charge in [0.25, 0.3) is 0 Å². The summed E-state index contributed by atoms with van der Waals surface area (Å²) in [4.78, 5) is 25.3. The SMILES string of the molecule is Cc1ccnn1CC(=O)N[C@H]1CC[C@H](Nc2nccc(-c3cccnc3)n2)C1. The molecular formula is C20H23N7O. The van der Waals surface area contributed by atoms with Crippen molar-refractivity contribution in [1.29, 1.82) is 0 Å². The number of pyridine rings is 1. The first-order valence-corrected chi connectivity index (χ1v) is 9.45. The van der Waals surface area contributed by atoms with Crippen LogP contribution in [-0.2, 0) is 11.3 Å². The molecule has 4 rings (SSSR count). The summed E-state index contributed by atoms with van der Waals surface area (Å²) < 4.78 is 1.71. The van der Waals surface area contributed by atoms with Gasteiger partial charge in [-0.05, 0) is 50.5 Å². The number of aromatic nitrogens is 5. The van der Waals surface area contributed by atoms with Gasteiger partial charge in [-0.3, -0.25) is 14.5 Å². The van der Waals surface area contributed by atoms with Crippen molar-refractivity contribution < 1.29 is 4.79 Å². The van der Waals surface area contributed by atoms with Gasteiger partial charge < -0.3 is 10.6 Å². The summed E-state index contributed by atoms with van der Waals surface area (Å²) in [5.41, 5.74) is 2.77. The first kappa shape index (κ1) is 18.1. The number of hydrogen-bond acceptors (Lipinski definition) is 6. The Hall–Kier alpha value is -3.29. The molecule has 2 atom stereocenters. The van der Waals surface area contributed by atoms with Crippen molar-refractivity contribution in [2.24, 2.45) is 0 Å². The summed E-state index contributed by atoms with van der Waals surface area (Å²) >= 11 is 0. The highest BCUT2D eigenvalue weighted by Crippen LogP contribution is 2.23. The number of carbonyl (C=O) groups is 1. The molecule has 3 aromatic rings. The molecule has 1 aliphatic carbocycles. The zero-order valence-electron chi connectivity index (χ0n) is 15.7. The minimum atomic E-state index is -0.00715. The number of rotatable bonds is 6. The van der Waals surface area contributed by atoms with Gasteiger partial charge in [-0.1, -0.05) is 0 Å². The smallest absolute Gasteiger partial charge is 0.241 e. The second-order valence-electron chi connectivity index (χ2n) is 7.06. The van der Waals surface area contributed by atoms with Gasteiger partial charge in [0.05, 0.1) is 5.69 Å². The number of hydrogen-bond donors (Lipinski definition) is 2. The zero-order chi connectivity index (χ0) is 19.3. The Bertz CT molecular complexity index is 940. The first-order chi connectivity index (χ1) is 13.7. The van der Waals surface area contributed by atoms with Crippen molar-refractivity contribution in [3.8, 4) is 11.3 Å². The average Bonchev–Trinajstić information content (AvgIpc) is 3.31. The van der Waals surface area contributed by atoms with Gasteiger partial charge in [-0.2, -0.15) is 5.10 Å². The lowest BCUT2D eigenvalue weighted by Gasteiger charge is -2.15. The Labute approximate surface area is 163 Å². The number of anilines is 1. The molecule has 1 saturated carbocycles. The molecule has 0 aliphatic heterocycles. The van der Waals surface area contributed by atoms with E-state index in [1.165, 1.54) is 0 Å². The zero-order valence-corrected chi connectivity index (χ0v) is 15.7. The molecule has 1 amide bonds. The fourth-order valence-corrected chi connectivity index (χ4v) is 3.50. The predicted octanol–water partition coefficient (Wildman–Crippen LogP) is 2.19. The monoisotopic (exact) mass is 377 g/mol. The van der Waals surface area contributed by atoms with Crippen LogP contribution in [0.3, 0.4) is 0 Å². The molecule has 0 radical (unpaired) electrons. The van der Waals surface area contributed by atoms with Gasteiger partial charge in [0, 0.05) is 48.1 Å². The lowest BCUT2D eigenvalue weighted by Crippen LogP contribution is -2.36. The van der Waals surface area contributed by atoms with Crippen molar-refractivity contribution in [1.82, 2.24) is 30.0 Å². The molecule has 1 aliphatic rings. The average molecular weight is 377 g/mol. The van der Waals surface area contributed by atoms with Crippen LogP contribution in [-0.4, -0.2) is 42.7 Å². The Kier molecular flexibility index (Phi) is 5.27. The van der Waals surface area contributed by atoms with Crippen molar-refractivity contribution in [2.75, 3.05) is 5.32 Å². The van der Waals surface area contributed by atoms with Crippen LogP contribution in [0.1, 0.15) is 25.0 Å². The molecule has 0 aromatic carbocycles. The van der Waals surface area contributed by atoms with Gasteiger partial charge >= 0.3 is 0 Å². The maximum Gasteiger partial charge on any atom is 0.241 e. The van der Waals surface area contributed by atoms with Crippen molar-refractivity contribution in [3.63, 3.8) is 0 Å². The van der Waals surface area contributed by atoms with Crippen molar-refractivity contribution in [3.05, 3.63) is 54.7 Å². The van der Waals surface area contributed by atoms with Gasteiger partial charge in [-0.15, -0.1) is 0 Å². The molecule has 3 aromatic heterocycles. The van der Waals surface area contributed by atoms with E-state index in [0.29, 0.717) is 5.95 Å². The van der Waals surface area contributed by atoms with Crippen LogP contribution in [0.5, 0.6) is 0 Å². The summed E-state index contributed by atoms with van der Waals surface area (Å²) in [5, 5.41) is 10.7. The van der Waals surface area contributed by atoms with Crippen molar-refractivity contribution >= 4 is 11.9 Å². The Morgan fingerprint density at radius 1 is 1.18 bits per heavy atom. The molecule has 144 valence electrons. The van der Waals surface area contributed by atoms with Gasteiger partial charge in [-0.25, -0.2) is 9.97 Å². The molecule has 2 N–H and O–H groups in total. The maximum atomic E-state index is 12.3. The van der Waals surface area contributed by atoms with Crippen molar-refractivity contribution in [2.45, 2.75) is 44.8 Å². The molecule has 0 unspecified atom stereocenters. The number of carbonyl (C=O) groups excluding carboxylic acids is 1. The molecule has 28 heavy (non-hydrogen) atoms. The molecule has 8 nitrogen and oxygen atoms in total. The van der Waals surface area contributed by atoms with Crippen LogP contribution >= 0.6 is 0 Å². The van der Waals surface area contributed by atoms with Gasteiger partial charge in [0.15, 0.2) is 0 Å². The number of amides is 1. The number of nitrogens with one attached hydrogen (secondary N) is 2. The molecule has 1 fully saturated rings. The Balaban J connectivity index is 1.31. The fraction of sp³-hybridized carbons (Fsp3) is 0.350. The summed E-state index contributed by atoms with van der Waals surface area (Å²) in [6.45, 7) is 2.19. The van der Waals surface area contributed by atoms with Gasteiger partial charge in [0.1, 0.15) is 6.54 Å². The van der Waals surface area contributed by atoms with E-state index in [0.717, 1.165) is 36.2 Å². The van der Waals surface area contributed by atoms with E-state index in [9.17, 15) is 4.79 Å². The third-order valence-electron chi connectivity index (χ3n) is 4.97. The second kappa shape index (κ2) is 8.16. The van der Waals surface area contributed by atoms with Crippen LogP contribution in [0.25, 0.3) is 11.3 Å². The molecular weight excluding hydrogens is 354 g/mol. The van der Waals surface area contributed by atoms with Crippen LogP contribution in [0.2, 0.25) is 0 Å². The van der Waals surface area contributed by atoms with Crippen LogP contribution in [0.15, 0.2) is 49.1 Å². The fourth-order valence-electron chi connectivity index (χ4n) is 3.50. The van der Waals surface area contributed by atoms with E-state index < -0.39 is 0 Å². The summed E-state index contributed by atoms with van der Waals surface area (Å²) in [6, 6.07) is 8.02. The van der Waals surface area contributed by atoms with E-state index in [1.54, 1.807) is 29.5 Å². The quantitative estimate of drug-likeness (QED) is 0.683. The summed E-state index contributed by atoms with van der Waals surface area (Å²) in [5.74, 6) is 0.595. The highest BCUT2D eigenvalue weighted by molar-refractivity contribution is 5.76. The summed E-state index contributed by atoms with van der Waals surface area (Å²) in [6.07, 6.45) is 9.73. The van der Waals surface area contributed by atoms with Crippen LogP contribution < -0.4 is 10.6 Å². The Morgan fingerprint density at radius 2 is 2.07 bits per heavy atom. The lowest BCUT2D eigenvalue weighted by molar-refractivity contribution is -0.122.